The Balaban J connectivity index is 1.80. The van der Waals surface area contributed by atoms with Crippen molar-refractivity contribution in [2.75, 3.05) is 11.9 Å². The van der Waals surface area contributed by atoms with Gasteiger partial charge in [-0.15, -0.1) is 0 Å². The largest absolute Gasteiger partial charge is 0.388 e. The molecule has 1 aromatic heterocycles. The number of halogens is 2. The van der Waals surface area contributed by atoms with E-state index in [0.29, 0.717) is 6.07 Å². The second-order valence-corrected chi connectivity index (χ2v) is 5.48. The number of amides is 2. The van der Waals surface area contributed by atoms with Gasteiger partial charge in [-0.2, -0.15) is 11.3 Å². The van der Waals surface area contributed by atoms with E-state index in [9.17, 15) is 23.5 Å². The molecule has 3 N–H and O–H groups in total. The van der Waals surface area contributed by atoms with Crippen molar-refractivity contribution in [2.45, 2.75) is 12.5 Å². The number of anilines is 1. The minimum atomic E-state index is -1.07. The molecule has 0 saturated heterocycles. The maximum atomic E-state index is 13.4. The summed E-state index contributed by atoms with van der Waals surface area (Å²) in [5, 5.41) is 17.8. The summed E-state index contributed by atoms with van der Waals surface area (Å²) in [6, 6.07) is 4.36. The normalized spacial score (nSPS) is 11.8. The van der Waals surface area contributed by atoms with Gasteiger partial charge in [0.1, 0.15) is 11.6 Å². The molecule has 23 heavy (non-hydrogen) atoms. The number of thiophene rings is 1. The molecule has 8 heteroatoms. The predicted molar refractivity (Wildman–Crippen MR) is 81.9 cm³/mol. The summed E-state index contributed by atoms with van der Waals surface area (Å²) in [6.45, 7) is 0.0785. The van der Waals surface area contributed by atoms with Gasteiger partial charge in [0.25, 0.3) is 0 Å². The first kappa shape index (κ1) is 17.0. The molecule has 0 bridgehead atoms. The van der Waals surface area contributed by atoms with E-state index >= 15 is 0 Å². The lowest BCUT2D eigenvalue weighted by atomic mass is 10.1. The van der Waals surface area contributed by atoms with Gasteiger partial charge in [-0.3, -0.25) is 9.59 Å². The van der Waals surface area contributed by atoms with Gasteiger partial charge in [0, 0.05) is 12.6 Å². The number of carbonyl (C=O) groups excluding carboxylic acids is 2. The van der Waals surface area contributed by atoms with Crippen LogP contribution in [0.4, 0.5) is 14.5 Å². The molecule has 122 valence electrons. The van der Waals surface area contributed by atoms with E-state index in [4.69, 9.17) is 0 Å². The maximum absolute atomic E-state index is 13.4. The van der Waals surface area contributed by atoms with E-state index in [1.807, 2.05) is 10.7 Å². The molecule has 1 aromatic carbocycles. The van der Waals surface area contributed by atoms with Crippen molar-refractivity contribution in [2.24, 2.45) is 0 Å². The van der Waals surface area contributed by atoms with Gasteiger partial charge in [0.15, 0.2) is 0 Å². The van der Waals surface area contributed by atoms with Crippen molar-refractivity contribution >= 4 is 28.8 Å². The lowest BCUT2D eigenvalue weighted by molar-refractivity contribution is -0.136. The number of benzene rings is 1. The van der Waals surface area contributed by atoms with E-state index in [1.165, 1.54) is 11.3 Å². The van der Waals surface area contributed by atoms with Gasteiger partial charge in [-0.25, -0.2) is 8.78 Å². The molecule has 2 amide bonds. The minimum absolute atomic E-state index is 0.0785. The highest BCUT2D eigenvalue weighted by Gasteiger charge is 2.16. The molecule has 2 rings (SSSR count). The van der Waals surface area contributed by atoms with Crippen LogP contribution in [0.15, 0.2) is 35.0 Å². The van der Waals surface area contributed by atoms with Crippen molar-refractivity contribution in [1.82, 2.24) is 5.32 Å². The van der Waals surface area contributed by atoms with Crippen LogP contribution in [0.2, 0.25) is 0 Å². The van der Waals surface area contributed by atoms with E-state index in [1.54, 1.807) is 11.4 Å². The van der Waals surface area contributed by atoms with Gasteiger partial charge in [0.2, 0.25) is 0 Å². The molecule has 2 aromatic rings. The van der Waals surface area contributed by atoms with Crippen molar-refractivity contribution < 1.29 is 23.5 Å². The van der Waals surface area contributed by atoms with E-state index in [0.717, 1.165) is 17.7 Å². The summed E-state index contributed by atoms with van der Waals surface area (Å²) in [6.07, 6.45) is -0.500. The van der Waals surface area contributed by atoms with Crippen LogP contribution in [0.25, 0.3) is 0 Å². The monoisotopic (exact) mass is 340 g/mol. The number of hydrogen-bond donors (Lipinski definition) is 3. The van der Waals surface area contributed by atoms with Crippen LogP contribution < -0.4 is 10.6 Å². The zero-order chi connectivity index (χ0) is 16.8. The Morgan fingerprint density at radius 3 is 2.65 bits per heavy atom. The molecule has 1 heterocycles. The number of aliphatic hydroxyl groups is 1. The number of rotatable bonds is 5. The molecule has 0 fully saturated rings. The quantitative estimate of drug-likeness (QED) is 0.730. The fourth-order valence-corrected chi connectivity index (χ4v) is 2.51. The smallest absolute Gasteiger partial charge is 0.313 e. The van der Waals surface area contributed by atoms with Crippen LogP contribution in [0.1, 0.15) is 18.1 Å². The second kappa shape index (κ2) is 7.80. The van der Waals surface area contributed by atoms with Gasteiger partial charge >= 0.3 is 11.8 Å². The minimum Gasteiger partial charge on any atom is -0.388 e. The van der Waals surface area contributed by atoms with Gasteiger partial charge in [0.05, 0.1) is 11.8 Å². The fraction of sp³-hybridized carbons (Fsp3) is 0.200. The Morgan fingerprint density at radius 2 is 2.00 bits per heavy atom. The van der Waals surface area contributed by atoms with Crippen LogP contribution in [-0.4, -0.2) is 23.5 Å². The SMILES string of the molecule is O=C(NCC[C@H](O)c1ccsc1)C(=O)Nc1ccc(F)cc1F. The third-order valence-electron chi connectivity index (χ3n) is 3.02. The molecule has 0 radical (unpaired) electrons. The highest BCUT2D eigenvalue weighted by atomic mass is 32.1. The van der Waals surface area contributed by atoms with Crippen molar-refractivity contribution in [3.05, 3.63) is 52.2 Å². The van der Waals surface area contributed by atoms with E-state index in [2.05, 4.69) is 5.32 Å². The molecular weight excluding hydrogens is 326 g/mol. The summed E-state index contributed by atoms with van der Waals surface area (Å²) in [7, 11) is 0. The average molecular weight is 340 g/mol. The third kappa shape index (κ3) is 4.83. The van der Waals surface area contributed by atoms with Gasteiger partial charge in [-0.05, 0) is 40.9 Å². The highest BCUT2D eigenvalue weighted by molar-refractivity contribution is 7.07. The molecule has 0 spiro atoms. The summed E-state index contributed by atoms with van der Waals surface area (Å²) in [5.74, 6) is -3.79. The van der Waals surface area contributed by atoms with Crippen molar-refractivity contribution in [1.29, 1.82) is 0 Å². The zero-order valence-electron chi connectivity index (χ0n) is 11.9. The predicted octanol–water partition coefficient (Wildman–Crippen LogP) is 2.20. The first-order chi connectivity index (χ1) is 11.0. The van der Waals surface area contributed by atoms with Crippen LogP contribution in [0, 0.1) is 11.6 Å². The Labute approximate surface area is 135 Å². The molecular formula is C15H14F2N2O3S. The van der Waals surface area contributed by atoms with E-state index in [-0.39, 0.29) is 18.7 Å². The van der Waals surface area contributed by atoms with Crippen molar-refractivity contribution in [3.8, 4) is 0 Å². The third-order valence-corrected chi connectivity index (χ3v) is 3.72. The molecule has 1 atom stereocenters. The summed E-state index contributed by atoms with van der Waals surface area (Å²) >= 11 is 1.44. The van der Waals surface area contributed by atoms with Crippen LogP contribution >= 0.6 is 11.3 Å². The standard InChI is InChI=1S/C15H14F2N2O3S/c16-10-1-2-12(11(17)7-10)19-15(22)14(21)18-5-3-13(20)9-4-6-23-8-9/h1-2,4,6-8,13,20H,3,5H2,(H,18,21)(H,19,22)/t13-/m0/s1. The first-order valence-corrected chi connectivity index (χ1v) is 7.66. The zero-order valence-corrected chi connectivity index (χ0v) is 12.7. The molecule has 0 aliphatic heterocycles. The first-order valence-electron chi connectivity index (χ1n) is 6.72. The summed E-state index contributed by atoms with van der Waals surface area (Å²) in [4.78, 5) is 23.2. The van der Waals surface area contributed by atoms with Crippen molar-refractivity contribution in [3.63, 3.8) is 0 Å². The number of nitrogens with one attached hydrogen (secondary N) is 2. The summed E-state index contributed by atoms with van der Waals surface area (Å²) in [5.41, 5.74) is 0.451. The topological polar surface area (TPSA) is 78.4 Å². The van der Waals surface area contributed by atoms with Crippen LogP contribution in [-0.2, 0) is 9.59 Å². The summed E-state index contributed by atoms with van der Waals surface area (Å²) < 4.78 is 26.1. The van der Waals surface area contributed by atoms with Crippen LogP contribution in [0.3, 0.4) is 0 Å². The Bertz CT molecular complexity index is 692. The fourth-order valence-electron chi connectivity index (χ4n) is 1.80. The Morgan fingerprint density at radius 1 is 1.22 bits per heavy atom. The molecule has 0 aliphatic rings. The maximum Gasteiger partial charge on any atom is 0.313 e. The second-order valence-electron chi connectivity index (χ2n) is 4.70. The van der Waals surface area contributed by atoms with E-state index < -0.39 is 29.6 Å². The number of carbonyl (C=O) groups is 2. The van der Waals surface area contributed by atoms with Gasteiger partial charge < -0.3 is 15.7 Å². The lowest BCUT2D eigenvalue weighted by Gasteiger charge is -2.10. The highest BCUT2D eigenvalue weighted by Crippen LogP contribution is 2.18. The Hall–Kier alpha value is -2.32. The van der Waals surface area contributed by atoms with Gasteiger partial charge in [-0.1, -0.05) is 0 Å². The molecule has 0 unspecified atom stereocenters. The molecule has 0 aliphatic carbocycles. The lowest BCUT2D eigenvalue weighted by Crippen LogP contribution is -2.36. The molecule has 5 nitrogen and oxygen atoms in total. The number of hydrogen-bond acceptors (Lipinski definition) is 4. The molecule has 0 saturated carbocycles. The average Bonchev–Trinajstić information content (AvgIpc) is 3.04. The number of aliphatic hydroxyl groups excluding tert-OH is 1. The Kier molecular flexibility index (Phi) is 5.78. The van der Waals surface area contributed by atoms with Crippen LogP contribution in [0.5, 0.6) is 0 Å².